The van der Waals surface area contributed by atoms with Crippen LogP contribution in [0.1, 0.15) is 18.4 Å². The van der Waals surface area contributed by atoms with Gasteiger partial charge in [-0.1, -0.05) is 30.3 Å². The van der Waals surface area contributed by atoms with Crippen molar-refractivity contribution in [1.29, 1.82) is 0 Å². The maximum atomic E-state index is 11.6. The Morgan fingerprint density at radius 1 is 1.35 bits per heavy atom. The first-order chi connectivity index (χ1) is 7.94. The summed E-state index contributed by atoms with van der Waals surface area (Å²) in [5.74, 6) is -2.32. The van der Waals surface area contributed by atoms with Crippen molar-refractivity contribution >= 4 is 16.1 Å². The summed E-state index contributed by atoms with van der Waals surface area (Å²) in [7, 11) is -4.24. The van der Waals surface area contributed by atoms with E-state index in [-0.39, 0.29) is 6.61 Å². The van der Waals surface area contributed by atoms with Crippen molar-refractivity contribution in [2.24, 2.45) is 0 Å². The molecule has 1 unspecified atom stereocenters. The lowest BCUT2D eigenvalue weighted by Gasteiger charge is -2.14. The number of rotatable bonds is 5. The molecule has 1 rings (SSSR count). The van der Waals surface area contributed by atoms with Gasteiger partial charge in [0, 0.05) is 0 Å². The van der Waals surface area contributed by atoms with Crippen LogP contribution in [-0.2, 0) is 19.6 Å². The molecule has 0 aliphatic heterocycles. The SMILES string of the molecule is CCOC(=O)C(CS(=O)(=O)O)c1ccccc1. The standard InChI is InChI=1S/C11H14O5S/c1-2-16-11(12)10(8-17(13,14)15)9-6-4-3-5-7-9/h3-7,10H,2,8H2,1H3,(H,13,14,15). The van der Waals surface area contributed by atoms with Gasteiger partial charge in [-0.15, -0.1) is 0 Å². The predicted molar refractivity (Wildman–Crippen MR) is 62.2 cm³/mol. The third-order valence-electron chi connectivity index (χ3n) is 2.15. The molecule has 0 aliphatic carbocycles. The highest BCUT2D eigenvalue weighted by molar-refractivity contribution is 7.85. The minimum atomic E-state index is -4.24. The second kappa shape index (κ2) is 5.79. The molecule has 0 saturated carbocycles. The fourth-order valence-corrected chi connectivity index (χ4v) is 2.19. The van der Waals surface area contributed by atoms with Crippen molar-refractivity contribution in [1.82, 2.24) is 0 Å². The first kappa shape index (κ1) is 13.7. The molecule has 0 saturated heterocycles. The molecule has 94 valence electrons. The Kier molecular flexibility index (Phi) is 4.65. The van der Waals surface area contributed by atoms with E-state index in [9.17, 15) is 13.2 Å². The Balaban J connectivity index is 2.99. The summed E-state index contributed by atoms with van der Waals surface area (Å²) in [4.78, 5) is 11.6. The van der Waals surface area contributed by atoms with Gasteiger partial charge in [0.2, 0.25) is 0 Å². The minimum Gasteiger partial charge on any atom is -0.465 e. The number of carbonyl (C=O) groups excluding carboxylic acids is 1. The maximum Gasteiger partial charge on any atom is 0.314 e. The van der Waals surface area contributed by atoms with Crippen molar-refractivity contribution in [2.75, 3.05) is 12.4 Å². The van der Waals surface area contributed by atoms with Crippen LogP contribution in [0.25, 0.3) is 0 Å². The van der Waals surface area contributed by atoms with Gasteiger partial charge in [0.05, 0.1) is 18.3 Å². The van der Waals surface area contributed by atoms with Crippen LogP contribution in [0.4, 0.5) is 0 Å². The van der Waals surface area contributed by atoms with E-state index in [2.05, 4.69) is 0 Å². The normalized spacial score (nSPS) is 13.1. The van der Waals surface area contributed by atoms with Crippen molar-refractivity contribution < 1.29 is 22.5 Å². The lowest BCUT2D eigenvalue weighted by Crippen LogP contribution is -2.23. The van der Waals surface area contributed by atoms with Crippen LogP contribution in [-0.4, -0.2) is 31.3 Å². The molecular weight excluding hydrogens is 244 g/mol. The molecule has 0 aromatic heterocycles. The van der Waals surface area contributed by atoms with Gasteiger partial charge in [-0.3, -0.25) is 9.35 Å². The van der Waals surface area contributed by atoms with Gasteiger partial charge in [0.25, 0.3) is 10.1 Å². The average Bonchev–Trinajstić information content (AvgIpc) is 2.26. The van der Waals surface area contributed by atoms with Gasteiger partial charge in [-0.2, -0.15) is 8.42 Å². The van der Waals surface area contributed by atoms with E-state index in [1.54, 1.807) is 37.3 Å². The highest BCUT2D eigenvalue weighted by Gasteiger charge is 2.27. The fourth-order valence-electron chi connectivity index (χ4n) is 1.44. The van der Waals surface area contributed by atoms with Crippen molar-refractivity contribution in [3.63, 3.8) is 0 Å². The Morgan fingerprint density at radius 2 is 1.94 bits per heavy atom. The lowest BCUT2D eigenvalue weighted by atomic mass is 10.0. The molecule has 0 radical (unpaired) electrons. The molecule has 0 heterocycles. The molecule has 0 bridgehead atoms. The Bertz CT molecular complexity index is 466. The van der Waals surface area contributed by atoms with Gasteiger partial charge >= 0.3 is 5.97 Å². The third kappa shape index (κ3) is 4.54. The first-order valence-corrected chi connectivity index (χ1v) is 6.71. The van der Waals surface area contributed by atoms with Crippen LogP contribution in [0.2, 0.25) is 0 Å². The topological polar surface area (TPSA) is 80.7 Å². The lowest BCUT2D eigenvalue weighted by molar-refractivity contribution is -0.144. The summed E-state index contributed by atoms with van der Waals surface area (Å²) in [6, 6.07) is 8.36. The van der Waals surface area contributed by atoms with Gasteiger partial charge in [-0.05, 0) is 12.5 Å². The third-order valence-corrected chi connectivity index (χ3v) is 2.90. The second-order valence-electron chi connectivity index (χ2n) is 3.46. The zero-order chi connectivity index (χ0) is 12.9. The summed E-state index contributed by atoms with van der Waals surface area (Å²) >= 11 is 0. The molecule has 0 aliphatic rings. The average molecular weight is 258 g/mol. The summed E-state index contributed by atoms with van der Waals surface area (Å²) in [5, 5.41) is 0. The minimum absolute atomic E-state index is 0.160. The fraction of sp³-hybridized carbons (Fsp3) is 0.364. The molecule has 0 fully saturated rings. The van der Waals surface area contributed by atoms with Crippen molar-refractivity contribution in [3.8, 4) is 0 Å². The summed E-state index contributed by atoms with van der Waals surface area (Å²) in [6.45, 7) is 1.79. The largest absolute Gasteiger partial charge is 0.465 e. The van der Waals surface area contributed by atoms with Crippen LogP contribution in [0.15, 0.2) is 30.3 Å². The number of hydrogen-bond acceptors (Lipinski definition) is 4. The van der Waals surface area contributed by atoms with Crippen molar-refractivity contribution in [2.45, 2.75) is 12.8 Å². The number of hydrogen-bond donors (Lipinski definition) is 1. The van der Waals surface area contributed by atoms with E-state index in [0.717, 1.165) is 0 Å². The Hall–Kier alpha value is -1.40. The van der Waals surface area contributed by atoms with Gasteiger partial charge in [0.15, 0.2) is 0 Å². The Morgan fingerprint density at radius 3 is 2.41 bits per heavy atom. The monoisotopic (exact) mass is 258 g/mol. The van der Waals surface area contributed by atoms with E-state index < -0.39 is 27.8 Å². The summed E-state index contributed by atoms with van der Waals surface area (Å²) < 4.78 is 35.4. The molecule has 1 aromatic rings. The molecular formula is C11H14O5S. The van der Waals surface area contributed by atoms with Crippen LogP contribution in [0.5, 0.6) is 0 Å². The number of ether oxygens (including phenoxy) is 1. The summed E-state index contributed by atoms with van der Waals surface area (Å²) in [5.41, 5.74) is 0.503. The molecule has 0 amide bonds. The number of esters is 1. The highest BCUT2D eigenvalue weighted by atomic mass is 32.2. The van der Waals surface area contributed by atoms with Crippen LogP contribution < -0.4 is 0 Å². The molecule has 17 heavy (non-hydrogen) atoms. The van der Waals surface area contributed by atoms with E-state index in [1.165, 1.54) is 0 Å². The summed E-state index contributed by atoms with van der Waals surface area (Å²) in [6.07, 6.45) is 0. The molecule has 5 nitrogen and oxygen atoms in total. The number of carbonyl (C=O) groups is 1. The van der Waals surface area contributed by atoms with Crippen molar-refractivity contribution in [3.05, 3.63) is 35.9 Å². The molecule has 1 atom stereocenters. The molecule has 1 N–H and O–H groups in total. The van der Waals surface area contributed by atoms with Crippen LogP contribution >= 0.6 is 0 Å². The zero-order valence-electron chi connectivity index (χ0n) is 9.37. The molecule has 6 heteroatoms. The van der Waals surface area contributed by atoms with Gasteiger partial charge in [0.1, 0.15) is 0 Å². The van der Waals surface area contributed by atoms with Crippen LogP contribution in [0, 0.1) is 0 Å². The quantitative estimate of drug-likeness (QED) is 0.634. The van der Waals surface area contributed by atoms with E-state index >= 15 is 0 Å². The van der Waals surface area contributed by atoms with E-state index in [1.807, 2.05) is 0 Å². The van der Waals surface area contributed by atoms with E-state index in [0.29, 0.717) is 5.56 Å². The van der Waals surface area contributed by atoms with Crippen LogP contribution in [0.3, 0.4) is 0 Å². The highest BCUT2D eigenvalue weighted by Crippen LogP contribution is 2.19. The number of benzene rings is 1. The van der Waals surface area contributed by atoms with E-state index in [4.69, 9.17) is 9.29 Å². The molecule has 0 spiro atoms. The smallest absolute Gasteiger partial charge is 0.314 e. The first-order valence-electron chi connectivity index (χ1n) is 5.10. The zero-order valence-corrected chi connectivity index (χ0v) is 10.2. The van der Waals surface area contributed by atoms with Gasteiger partial charge < -0.3 is 4.74 Å². The predicted octanol–water partition coefficient (Wildman–Crippen LogP) is 1.22. The second-order valence-corrected chi connectivity index (χ2v) is 4.96. The maximum absolute atomic E-state index is 11.6. The van der Waals surface area contributed by atoms with Gasteiger partial charge in [-0.25, -0.2) is 0 Å². The Labute approximate surface area is 100 Å². The molecule has 1 aromatic carbocycles.